The molecule has 0 saturated carbocycles. The van der Waals surface area contributed by atoms with Crippen LogP contribution in [0.4, 0.5) is 5.95 Å². The average molecular weight is 713 g/mol. The fourth-order valence-electron chi connectivity index (χ4n) is 6.15. The van der Waals surface area contributed by atoms with Crippen LogP contribution in [0.25, 0.3) is 50.4 Å². The predicted octanol–water partition coefficient (Wildman–Crippen LogP) is 5.33. The zero-order valence-corrected chi connectivity index (χ0v) is 30.0. The van der Waals surface area contributed by atoms with E-state index in [-0.39, 0.29) is 17.1 Å². The van der Waals surface area contributed by atoms with Gasteiger partial charge in [0, 0.05) is 71.8 Å². The third kappa shape index (κ3) is 6.57. The van der Waals surface area contributed by atoms with E-state index in [0.717, 1.165) is 0 Å². The lowest BCUT2D eigenvalue weighted by atomic mass is 10.1. The zero-order chi connectivity index (χ0) is 37.2. The smallest absolute Gasteiger partial charge is 0.260 e. The Kier molecular flexibility index (Phi) is 9.42. The number of pyridine rings is 3. The first kappa shape index (κ1) is 34.6. The molecule has 0 N–H and O–H groups in total. The van der Waals surface area contributed by atoms with Crippen molar-refractivity contribution in [1.29, 1.82) is 0 Å². The number of hydrogen-bond acceptors (Lipinski definition) is 11. The van der Waals surface area contributed by atoms with Crippen molar-refractivity contribution in [2.24, 2.45) is 4.99 Å². The number of rotatable bonds is 10. The molecule has 0 radical (unpaired) electrons. The Balaban J connectivity index is 1.30. The van der Waals surface area contributed by atoms with E-state index >= 15 is 0 Å². The molecule has 5 heterocycles. The Labute approximate surface area is 303 Å². The van der Waals surface area contributed by atoms with Gasteiger partial charge in [-0.2, -0.15) is 9.97 Å². The van der Waals surface area contributed by atoms with Gasteiger partial charge in [0.05, 0.1) is 39.5 Å². The SMILES string of the molecule is CCn1c(=O)c(-c2cc(OC)cc(OC)c2)cc2cnc(-n3ccc(=Nc4nc(-c5cc(OC)cc(OC)c5)c5ccc(=O)n(CC)c5n4)cc3)nc21. The van der Waals surface area contributed by atoms with Crippen molar-refractivity contribution in [2.45, 2.75) is 26.9 Å². The Morgan fingerprint density at radius 2 is 1.26 bits per heavy atom. The maximum atomic E-state index is 13.8. The van der Waals surface area contributed by atoms with E-state index in [1.165, 1.54) is 6.07 Å². The highest BCUT2D eigenvalue weighted by atomic mass is 16.5. The van der Waals surface area contributed by atoms with Crippen molar-refractivity contribution in [2.75, 3.05) is 28.4 Å². The van der Waals surface area contributed by atoms with Gasteiger partial charge < -0.3 is 18.9 Å². The summed E-state index contributed by atoms with van der Waals surface area (Å²) in [7, 11) is 6.29. The summed E-state index contributed by atoms with van der Waals surface area (Å²) in [5.41, 5.74) is 3.00. The second-order valence-electron chi connectivity index (χ2n) is 11.9. The van der Waals surface area contributed by atoms with Gasteiger partial charge in [-0.1, -0.05) is 0 Å². The van der Waals surface area contributed by atoms with Crippen molar-refractivity contribution >= 4 is 28.0 Å². The molecule has 0 aliphatic heterocycles. The molecule has 5 aromatic heterocycles. The van der Waals surface area contributed by atoms with E-state index in [0.29, 0.717) is 91.8 Å². The van der Waals surface area contributed by atoms with Crippen LogP contribution in [0.15, 0.2) is 99.9 Å². The van der Waals surface area contributed by atoms with E-state index in [4.69, 9.17) is 38.9 Å². The standard InChI is InChI=1S/C39H36N8O6/c1-7-46-33(48)10-9-31-34(24-17-29(52-5)21-30(18-24)53-6)42-38(43-36(31)46)41-26-11-13-45(14-12-26)39-40-22-25-19-32(37(49)47(8-2)35(25)44-39)23-15-27(50-3)20-28(16-23)51-4/h9-22H,7-8H2,1-6H3. The molecule has 0 atom stereocenters. The maximum absolute atomic E-state index is 13.8. The molecule has 14 heteroatoms. The van der Waals surface area contributed by atoms with Gasteiger partial charge in [-0.3, -0.25) is 23.3 Å². The first-order chi connectivity index (χ1) is 25.8. The van der Waals surface area contributed by atoms with Crippen molar-refractivity contribution < 1.29 is 18.9 Å². The minimum Gasteiger partial charge on any atom is -0.497 e. The van der Waals surface area contributed by atoms with Crippen LogP contribution < -0.4 is 35.4 Å². The van der Waals surface area contributed by atoms with Gasteiger partial charge in [0.25, 0.3) is 17.1 Å². The highest BCUT2D eigenvalue weighted by Gasteiger charge is 2.17. The molecule has 0 unspecified atom stereocenters. The Hall–Kier alpha value is -6.83. The highest BCUT2D eigenvalue weighted by molar-refractivity contribution is 5.91. The predicted molar refractivity (Wildman–Crippen MR) is 201 cm³/mol. The fourth-order valence-corrected chi connectivity index (χ4v) is 6.15. The van der Waals surface area contributed by atoms with Gasteiger partial charge >= 0.3 is 0 Å². The van der Waals surface area contributed by atoms with Crippen LogP contribution >= 0.6 is 0 Å². The van der Waals surface area contributed by atoms with Crippen LogP contribution in [0.1, 0.15) is 13.8 Å². The molecule has 0 aliphatic rings. The summed E-state index contributed by atoms with van der Waals surface area (Å²) in [6, 6.07) is 19.4. The maximum Gasteiger partial charge on any atom is 0.260 e. The zero-order valence-electron chi connectivity index (χ0n) is 30.0. The third-order valence-electron chi connectivity index (χ3n) is 8.83. The summed E-state index contributed by atoms with van der Waals surface area (Å²) in [6.07, 6.45) is 5.23. The number of methoxy groups -OCH3 is 4. The molecular formula is C39H36N8O6. The molecule has 0 spiro atoms. The van der Waals surface area contributed by atoms with Gasteiger partial charge in [0.1, 0.15) is 34.3 Å². The summed E-state index contributed by atoms with van der Waals surface area (Å²) in [6.45, 7) is 4.58. The number of benzene rings is 2. The second-order valence-corrected chi connectivity index (χ2v) is 11.9. The monoisotopic (exact) mass is 712 g/mol. The van der Waals surface area contributed by atoms with Crippen LogP contribution in [0.2, 0.25) is 0 Å². The van der Waals surface area contributed by atoms with Gasteiger partial charge in [0.15, 0.2) is 0 Å². The fraction of sp³-hybridized carbons (Fsp3) is 0.205. The van der Waals surface area contributed by atoms with Crippen LogP contribution in [0, 0.1) is 0 Å². The van der Waals surface area contributed by atoms with Gasteiger partial charge in [-0.05, 0) is 67.9 Å². The average Bonchev–Trinajstić information content (AvgIpc) is 3.19. The topological polar surface area (TPSA) is 150 Å². The van der Waals surface area contributed by atoms with Crippen LogP contribution in [-0.4, -0.2) is 62.1 Å². The molecule has 14 nitrogen and oxygen atoms in total. The molecule has 0 saturated heterocycles. The minimum absolute atomic E-state index is 0.165. The molecule has 0 bridgehead atoms. The second kappa shape index (κ2) is 14.4. The summed E-state index contributed by atoms with van der Waals surface area (Å²) in [5, 5.41) is 1.93. The lowest BCUT2D eigenvalue weighted by Gasteiger charge is -2.13. The molecule has 0 fully saturated rings. The number of hydrogen-bond donors (Lipinski definition) is 0. The molecule has 0 amide bonds. The Morgan fingerprint density at radius 3 is 1.85 bits per heavy atom. The molecule has 268 valence electrons. The van der Waals surface area contributed by atoms with E-state index in [1.807, 2.05) is 26.0 Å². The van der Waals surface area contributed by atoms with Crippen LogP contribution in [0.3, 0.4) is 0 Å². The lowest BCUT2D eigenvalue weighted by Crippen LogP contribution is -2.22. The van der Waals surface area contributed by atoms with Crippen LogP contribution in [-0.2, 0) is 13.1 Å². The molecular weight excluding hydrogens is 676 g/mol. The quantitative estimate of drug-likeness (QED) is 0.182. The lowest BCUT2D eigenvalue weighted by molar-refractivity contribution is 0.394. The Bertz CT molecular complexity index is 2650. The number of nitrogens with zero attached hydrogens (tertiary/aromatic N) is 8. The summed E-state index contributed by atoms with van der Waals surface area (Å²) < 4.78 is 26.8. The molecule has 7 aromatic rings. The number of aryl methyl sites for hydroxylation is 2. The van der Waals surface area contributed by atoms with E-state index in [2.05, 4.69) is 4.98 Å². The molecule has 0 aliphatic carbocycles. The highest BCUT2D eigenvalue weighted by Crippen LogP contribution is 2.34. The third-order valence-corrected chi connectivity index (χ3v) is 8.83. The Morgan fingerprint density at radius 1 is 0.660 bits per heavy atom. The van der Waals surface area contributed by atoms with E-state index in [9.17, 15) is 9.59 Å². The van der Waals surface area contributed by atoms with Crippen molar-refractivity contribution in [3.63, 3.8) is 0 Å². The van der Waals surface area contributed by atoms with Gasteiger partial charge in [0.2, 0.25) is 5.95 Å². The van der Waals surface area contributed by atoms with Crippen molar-refractivity contribution in [1.82, 2.24) is 33.6 Å². The van der Waals surface area contributed by atoms with Gasteiger partial charge in [-0.25, -0.2) is 15.0 Å². The van der Waals surface area contributed by atoms with Gasteiger partial charge in [-0.15, -0.1) is 0 Å². The normalized spacial score (nSPS) is 11.1. The van der Waals surface area contributed by atoms with E-state index < -0.39 is 0 Å². The van der Waals surface area contributed by atoms with Crippen LogP contribution in [0.5, 0.6) is 23.0 Å². The first-order valence-electron chi connectivity index (χ1n) is 16.8. The number of aromatic nitrogens is 7. The van der Waals surface area contributed by atoms with Crippen molar-refractivity contribution in [3.05, 3.63) is 111 Å². The summed E-state index contributed by atoms with van der Waals surface area (Å²) in [5.74, 6) is 2.86. The van der Waals surface area contributed by atoms with Crippen molar-refractivity contribution in [3.8, 4) is 51.3 Å². The minimum atomic E-state index is -0.199. The largest absolute Gasteiger partial charge is 0.497 e. The van der Waals surface area contributed by atoms with E-state index in [1.54, 1.807) is 109 Å². The molecule has 7 rings (SSSR count). The molecule has 2 aromatic carbocycles. The molecule has 53 heavy (non-hydrogen) atoms. The summed E-state index contributed by atoms with van der Waals surface area (Å²) >= 11 is 0. The summed E-state index contributed by atoms with van der Waals surface area (Å²) in [4.78, 5) is 50.2. The number of ether oxygens (including phenoxy) is 4. The number of fused-ring (bicyclic) bond motifs is 2. The first-order valence-corrected chi connectivity index (χ1v) is 16.8.